The molecule has 1 aliphatic rings. The zero-order valence-corrected chi connectivity index (χ0v) is 23.9. The lowest BCUT2D eigenvalue weighted by Gasteiger charge is -2.17. The highest BCUT2D eigenvalue weighted by Crippen LogP contribution is 2.57. The van der Waals surface area contributed by atoms with Crippen LogP contribution in [0.2, 0.25) is 0 Å². The van der Waals surface area contributed by atoms with Gasteiger partial charge >= 0.3 is 27.2 Å². The summed E-state index contributed by atoms with van der Waals surface area (Å²) in [5.74, 6) is 1.28. The number of aromatic nitrogens is 4. The minimum absolute atomic E-state index is 0.00942. The summed E-state index contributed by atoms with van der Waals surface area (Å²) < 4.78 is 37.9. The van der Waals surface area contributed by atoms with E-state index < -0.39 is 59.9 Å². The molecule has 3 aromatic heterocycles. The number of pyridine rings is 1. The molecule has 0 saturated carbocycles. The first kappa shape index (κ1) is 30.4. The van der Waals surface area contributed by atoms with E-state index in [4.69, 9.17) is 20.3 Å². The minimum atomic E-state index is -5.39. The van der Waals surface area contributed by atoms with E-state index >= 15 is 0 Å². The third kappa shape index (κ3) is 6.47. The second-order valence-electron chi connectivity index (χ2n) is 9.25. The van der Waals surface area contributed by atoms with Gasteiger partial charge in [-0.2, -0.15) is 8.88 Å². The largest absolute Gasteiger partial charge is 0.481 e. The Labute approximate surface area is 236 Å². The minimum Gasteiger partial charge on any atom is -0.387 e. The number of aliphatic hydroxyl groups is 2. The second kappa shape index (κ2) is 11.6. The Balaban J connectivity index is 1.45. The van der Waals surface area contributed by atoms with Crippen molar-refractivity contribution < 1.29 is 52.2 Å². The highest BCUT2D eigenvalue weighted by Gasteiger charge is 2.49. The van der Waals surface area contributed by atoms with E-state index in [2.05, 4.69) is 23.8 Å². The molecule has 6 atom stereocenters. The van der Waals surface area contributed by atoms with Gasteiger partial charge in [0.1, 0.15) is 24.2 Å². The van der Waals surface area contributed by atoms with E-state index in [-0.39, 0.29) is 28.4 Å². The maximum absolute atomic E-state index is 13.0. The second-order valence-corrected chi connectivity index (χ2v) is 14.0. The number of aliphatic hydroxyl groups excluding tert-OH is 2. The topological polar surface area (TPSA) is 271 Å². The molecule has 42 heavy (non-hydrogen) atoms. The Morgan fingerprint density at radius 3 is 2.40 bits per heavy atom. The summed E-state index contributed by atoms with van der Waals surface area (Å²) >= 11 is 0. The summed E-state index contributed by atoms with van der Waals surface area (Å²) in [6.45, 7) is -0.911. The van der Waals surface area contributed by atoms with Crippen molar-refractivity contribution in [2.45, 2.75) is 30.7 Å². The van der Waals surface area contributed by atoms with Crippen LogP contribution in [0.5, 0.6) is 0 Å². The van der Waals surface area contributed by atoms with Crippen LogP contribution in [-0.4, -0.2) is 64.8 Å². The summed E-state index contributed by atoms with van der Waals surface area (Å²) in [5.41, 5.74) is 6.59. The molecule has 0 spiro atoms. The van der Waals surface area contributed by atoms with Crippen molar-refractivity contribution in [3.8, 4) is 11.3 Å². The Hall–Kier alpha value is -3.04. The van der Waals surface area contributed by atoms with Crippen LogP contribution < -0.4 is 21.4 Å². The molecule has 1 fully saturated rings. The number of phosphoric ester groups is 1. The van der Waals surface area contributed by atoms with Crippen molar-refractivity contribution in [3.05, 3.63) is 74.7 Å². The fourth-order valence-electron chi connectivity index (χ4n) is 4.50. The normalized spacial score (nSPS) is 22.8. The van der Waals surface area contributed by atoms with Gasteiger partial charge in [0.05, 0.1) is 6.61 Å². The van der Waals surface area contributed by atoms with Crippen molar-refractivity contribution in [2.75, 3.05) is 12.3 Å². The Morgan fingerprint density at radius 2 is 1.74 bits per heavy atom. The number of ether oxygens (including phenoxy) is 1. The molecule has 5 rings (SSSR count). The van der Waals surface area contributed by atoms with Crippen LogP contribution in [0.4, 0.5) is 5.95 Å². The van der Waals surface area contributed by atoms with E-state index in [1.807, 2.05) is 30.3 Å². The first-order valence-electron chi connectivity index (χ1n) is 12.1. The molecule has 0 aliphatic carbocycles. The molecule has 0 amide bonds. The fraction of sp³-hybridized carbons (Fsp3) is 0.273. The fourth-order valence-corrected chi connectivity index (χ4v) is 8.35. The van der Waals surface area contributed by atoms with Crippen molar-refractivity contribution in [1.29, 1.82) is 0 Å². The number of aromatic amines is 2. The number of nitrogens with one attached hydrogen (secondary N) is 2. The molecule has 1 aliphatic heterocycles. The van der Waals surface area contributed by atoms with Gasteiger partial charge in [0, 0.05) is 17.4 Å². The van der Waals surface area contributed by atoms with Crippen molar-refractivity contribution >= 4 is 39.9 Å². The summed E-state index contributed by atoms with van der Waals surface area (Å²) in [5, 5.41) is 21.4. The van der Waals surface area contributed by atoms with Gasteiger partial charge in [-0.25, -0.2) is 9.13 Å². The molecular weight excluding hydrogens is 619 g/mol. The van der Waals surface area contributed by atoms with Gasteiger partial charge in [-0.15, -0.1) is 0 Å². The third-order valence-corrected chi connectivity index (χ3v) is 10.7. The zero-order valence-electron chi connectivity index (χ0n) is 21.2. The molecule has 17 nitrogen and oxygen atoms in total. The molecule has 1 aromatic carbocycles. The van der Waals surface area contributed by atoms with Gasteiger partial charge in [-0.3, -0.25) is 19.1 Å². The molecule has 20 heteroatoms. The number of hydrogen-bond donors (Lipinski definition) is 8. The first-order chi connectivity index (χ1) is 19.7. The first-order valence-corrected chi connectivity index (χ1v) is 16.7. The van der Waals surface area contributed by atoms with Crippen LogP contribution in [0, 0.1) is 0 Å². The average Bonchev–Trinajstić information content (AvgIpc) is 3.39. The lowest BCUT2D eigenvalue weighted by Crippen LogP contribution is -2.45. The number of nitrogens with zero attached hydrogens (tertiary/aromatic N) is 2. The van der Waals surface area contributed by atoms with Gasteiger partial charge in [0.25, 0.3) is 11.1 Å². The van der Waals surface area contributed by atoms with E-state index in [9.17, 15) is 33.8 Å². The predicted molar refractivity (Wildman–Crippen MR) is 146 cm³/mol. The quantitative estimate of drug-likeness (QED) is 0.0882. The van der Waals surface area contributed by atoms with Crippen molar-refractivity contribution in [1.82, 2.24) is 15.0 Å². The van der Waals surface area contributed by atoms with Gasteiger partial charge in [0.15, 0.2) is 5.12 Å². The summed E-state index contributed by atoms with van der Waals surface area (Å²) in [7, 11) is -12.2. The summed E-state index contributed by atoms with van der Waals surface area (Å²) in [6.07, 6.45) is -6.14. The number of fused-ring (bicyclic) bond motifs is 1. The smallest absolute Gasteiger partial charge is 0.387 e. The van der Waals surface area contributed by atoms with Gasteiger partial charge < -0.3 is 40.3 Å². The number of benzene rings is 1. The number of rotatable bonds is 9. The van der Waals surface area contributed by atoms with Gasteiger partial charge in [0.2, 0.25) is 6.23 Å². The van der Waals surface area contributed by atoms with Gasteiger partial charge in [-0.05, 0) is 16.6 Å². The van der Waals surface area contributed by atoms with E-state index in [1.54, 1.807) is 12.1 Å². The Bertz CT molecular complexity index is 1840. The van der Waals surface area contributed by atoms with Crippen LogP contribution in [0.1, 0.15) is 11.8 Å². The number of nitrogens with two attached hydrogens (primary N) is 1. The summed E-state index contributed by atoms with van der Waals surface area (Å²) in [6, 6.07) is 12.6. The lowest BCUT2D eigenvalue weighted by molar-refractivity contribution is -0.741. The number of phosphoric acid groups is 2. The zero-order chi connectivity index (χ0) is 30.4. The monoisotopic (exact) mass is 644 g/mol. The van der Waals surface area contributed by atoms with E-state index in [0.29, 0.717) is 11.3 Å². The molecular formula is C22H25N5O12P3+. The summed E-state index contributed by atoms with van der Waals surface area (Å²) in [4.78, 5) is 62.4. The Morgan fingerprint density at radius 1 is 1.02 bits per heavy atom. The highest BCUT2D eigenvalue weighted by atomic mass is 31.3. The molecule has 2 unspecified atom stereocenters. The molecule has 0 radical (unpaired) electrons. The van der Waals surface area contributed by atoms with E-state index in [0.717, 1.165) is 5.56 Å². The molecule has 9 N–H and O–H groups in total. The highest BCUT2D eigenvalue weighted by molar-refractivity contribution is 7.60. The maximum Gasteiger partial charge on any atom is 0.481 e. The number of anilines is 1. The van der Waals surface area contributed by atoms with Crippen LogP contribution in [-0.2, 0) is 28.9 Å². The van der Waals surface area contributed by atoms with Crippen LogP contribution in [0.15, 0.2) is 58.0 Å². The van der Waals surface area contributed by atoms with Crippen LogP contribution in [0.25, 0.3) is 22.0 Å². The van der Waals surface area contributed by atoms with E-state index in [1.165, 1.54) is 10.5 Å². The number of H-pyrrole nitrogens is 2. The molecule has 4 heterocycles. The standard InChI is InChI=1S/C22H24N5O12P3/c23-22-25-18-17(20(31)26-22)40(9-12-6-7-13(24-19(12)30)11-4-2-1-3-5-11)10-27(18)21-16(29)15(28)14(38-21)8-37-42(35,36)39-41(32,33)34/h1-7,10,14-16,21,28-29H,8-9H2,(H6-,23,24,25,26,30,31,32,33,34,35,36)/p+1/t14-,15-,16-,21-,40?/m1/s1. The third-order valence-electron chi connectivity index (χ3n) is 6.33. The Kier molecular flexibility index (Phi) is 8.38. The maximum atomic E-state index is 13.0. The number of nitrogen functional groups attached to an aromatic ring is 1. The van der Waals surface area contributed by atoms with Crippen LogP contribution >= 0.6 is 23.2 Å². The molecule has 0 bridgehead atoms. The lowest BCUT2D eigenvalue weighted by atomic mass is 10.1. The molecule has 224 valence electrons. The van der Waals surface area contributed by atoms with Crippen molar-refractivity contribution in [3.63, 3.8) is 0 Å². The average molecular weight is 644 g/mol. The molecule has 4 aromatic rings. The molecule has 1 saturated heterocycles. The number of hydrogen-bond acceptors (Lipinski definition) is 11. The predicted octanol–water partition coefficient (Wildman–Crippen LogP) is 0.0285. The van der Waals surface area contributed by atoms with Crippen LogP contribution in [0.3, 0.4) is 0 Å². The van der Waals surface area contributed by atoms with Gasteiger partial charge in [-0.1, -0.05) is 43.9 Å². The van der Waals surface area contributed by atoms with Crippen molar-refractivity contribution in [2.24, 2.45) is 0 Å². The SMILES string of the molecule is Nc1nc2c(c(=O)[nH]1)p(Cc1ccc(-c3ccccc3)[nH]c1=O)c[n+]2[C@@H]1O[C@H](COP(=O)(O)OP(=O)(O)O)[C@@H](O)[C@H]1O.